The monoisotopic (exact) mass is 327 g/mol. The number of hydrogen-bond acceptors (Lipinski definition) is 3. The van der Waals surface area contributed by atoms with Crippen LogP contribution in [0.4, 0.5) is 0 Å². The van der Waals surface area contributed by atoms with Crippen molar-refractivity contribution in [3.63, 3.8) is 0 Å². The maximum absolute atomic E-state index is 12.5. The van der Waals surface area contributed by atoms with Crippen LogP contribution in [0, 0.1) is 0 Å². The van der Waals surface area contributed by atoms with Gasteiger partial charge in [-0.25, -0.2) is 0 Å². The first kappa shape index (κ1) is 17.9. The molecule has 2 rings (SSSR count). The van der Waals surface area contributed by atoms with Crippen molar-refractivity contribution in [1.29, 1.82) is 0 Å². The van der Waals surface area contributed by atoms with Crippen molar-refractivity contribution in [2.24, 2.45) is 0 Å². The highest BCUT2D eigenvalue weighted by Gasteiger charge is 2.21. The van der Waals surface area contributed by atoms with Gasteiger partial charge in [0.1, 0.15) is 0 Å². The van der Waals surface area contributed by atoms with Gasteiger partial charge in [0.05, 0.1) is 13.7 Å². The van der Waals surface area contributed by atoms with E-state index in [0.717, 1.165) is 0 Å². The number of amides is 1. The molecule has 0 fully saturated rings. The topological polar surface area (TPSA) is 47.6 Å². The first-order valence-electron chi connectivity index (χ1n) is 8.12. The van der Waals surface area contributed by atoms with Crippen molar-refractivity contribution >= 4 is 5.91 Å². The van der Waals surface area contributed by atoms with Gasteiger partial charge in [-0.1, -0.05) is 44.2 Å². The maximum atomic E-state index is 12.5. The summed E-state index contributed by atoms with van der Waals surface area (Å²) >= 11 is 0. The van der Waals surface area contributed by atoms with E-state index < -0.39 is 0 Å². The van der Waals surface area contributed by atoms with Crippen molar-refractivity contribution in [1.82, 2.24) is 5.32 Å². The highest BCUT2D eigenvalue weighted by molar-refractivity contribution is 5.95. The number of nitrogens with one attached hydrogen (secondary N) is 1. The third-order valence-corrected chi connectivity index (χ3v) is 3.97. The fourth-order valence-corrected chi connectivity index (χ4v) is 2.48. The molecule has 0 unspecified atom stereocenters. The smallest absolute Gasteiger partial charge is 0.251 e. The number of carbonyl (C=O) groups is 1. The van der Waals surface area contributed by atoms with Gasteiger partial charge in [0.2, 0.25) is 0 Å². The molecule has 1 N–H and O–H groups in total. The summed E-state index contributed by atoms with van der Waals surface area (Å²) in [6, 6.07) is 15.4. The van der Waals surface area contributed by atoms with E-state index >= 15 is 0 Å². The Hall–Kier alpha value is -2.49. The van der Waals surface area contributed by atoms with E-state index in [2.05, 4.69) is 31.3 Å². The molecule has 0 heterocycles. The second kappa shape index (κ2) is 7.86. The van der Waals surface area contributed by atoms with Gasteiger partial charge in [0.15, 0.2) is 11.5 Å². The van der Waals surface area contributed by atoms with Crippen LogP contribution in [0.5, 0.6) is 11.5 Å². The predicted molar refractivity (Wildman–Crippen MR) is 96.0 cm³/mol. The molecule has 0 radical (unpaired) electrons. The Bertz CT molecular complexity index is 681. The first-order valence-corrected chi connectivity index (χ1v) is 8.12. The van der Waals surface area contributed by atoms with Gasteiger partial charge in [-0.15, -0.1) is 0 Å². The summed E-state index contributed by atoms with van der Waals surface area (Å²) in [5, 5.41) is 3.01. The van der Waals surface area contributed by atoms with Crippen LogP contribution < -0.4 is 14.8 Å². The van der Waals surface area contributed by atoms with E-state index in [-0.39, 0.29) is 11.3 Å². The lowest BCUT2D eigenvalue weighted by molar-refractivity contribution is 0.0945. The van der Waals surface area contributed by atoms with Crippen LogP contribution in [0.1, 0.15) is 36.7 Å². The molecule has 2 aromatic rings. The zero-order valence-corrected chi connectivity index (χ0v) is 14.8. The predicted octanol–water partition coefficient (Wildman–Crippen LogP) is 3.80. The minimum absolute atomic E-state index is 0.125. The van der Waals surface area contributed by atoms with Crippen LogP contribution in [0.25, 0.3) is 0 Å². The standard InChI is InChI=1S/C20H25NO3/c1-5-24-17-12-11-15(13-18(17)23-4)19(22)21-14-20(2,3)16-9-7-6-8-10-16/h6-13H,5,14H2,1-4H3,(H,21,22). The Morgan fingerprint density at radius 2 is 1.79 bits per heavy atom. The number of benzene rings is 2. The van der Waals surface area contributed by atoms with E-state index in [0.29, 0.717) is 30.2 Å². The molecule has 0 saturated carbocycles. The van der Waals surface area contributed by atoms with Crippen LogP contribution in [0.2, 0.25) is 0 Å². The van der Waals surface area contributed by atoms with Gasteiger partial charge >= 0.3 is 0 Å². The molecule has 24 heavy (non-hydrogen) atoms. The number of hydrogen-bond donors (Lipinski definition) is 1. The molecular formula is C20H25NO3. The van der Waals surface area contributed by atoms with E-state index in [1.54, 1.807) is 25.3 Å². The van der Waals surface area contributed by atoms with Gasteiger partial charge in [0.25, 0.3) is 5.91 Å². The minimum Gasteiger partial charge on any atom is -0.493 e. The molecule has 0 aliphatic rings. The molecule has 0 aliphatic heterocycles. The van der Waals surface area contributed by atoms with Gasteiger partial charge in [-0.2, -0.15) is 0 Å². The van der Waals surface area contributed by atoms with Crippen LogP contribution >= 0.6 is 0 Å². The quantitative estimate of drug-likeness (QED) is 0.841. The lowest BCUT2D eigenvalue weighted by Gasteiger charge is -2.25. The molecule has 4 nitrogen and oxygen atoms in total. The lowest BCUT2D eigenvalue weighted by atomic mass is 9.84. The Labute approximate surface area is 143 Å². The van der Waals surface area contributed by atoms with Crippen LogP contribution in [-0.4, -0.2) is 26.2 Å². The molecule has 1 amide bonds. The lowest BCUT2D eigenvalue weighted by Crippen LogP contribution is -2.36. The average Bonchev–Trinajstić information content (AvgIpc) is 2.61. The van der Waals surface area contributed by atoms with Crippen LogP contribution in [-0.2, 0) is 5.41 Å². The average molecular weight is 327 g/mol. The highest BCUT2D eigenvalue weighted by atomic mass is 16.5. The largest absolute Gasteiger partial charge is 0.493 e. The Morgan fingerprint density at radius 3 is 2.42 bits per heavy atom. The summed E-state index contributed by atoms with van der Waals surface area (Å²) in [6.07, 6.45) is 0. The second-order valence-electron chi connectivity index (χ2n) is 6.23. The molecule has 2 aromatic carbocycles. The van der Waals surface area contributed by atoms with Crippen LogP contribution in [0.3, 0.4) is 0 Å². The highest BCUT2D eigenvalue weighted by Crippen LogP contribution is 2.28. The first-order chi connectivity index (χ1) is 11.5. The van der Waals surface area contributed by atoms with Crippen molar-refractivity contribution in [3.8, 4) is 11.5 Å². The summed E-state index contributed by atoms with van der Waals surface area (Å²) in [5.74, 6) is 1.08. The molecule has 0 saturated heterocycles. The van der Waals surface area contributed by atoms with Crippen molar-refractivity contribution in [3.05, 3.63) is 59.7 Å². The zero-order chi connectivity index (χ0) is 17.6. The second-order valence-corrected chi connectivity index (χ2v) is 6.23. The fourth-order valence-electron chi connectivity index (χ4n) is 2.48. The summed E-state index contributed by atoms with van der Waals surface area (Å²) in [4.78, 5) is 12.5. The molecule has 0 aliphatic carbocycles. The molecule has 0 atom stereocenters. The van der Waals surface area contributed by atoms with E-state index in [4.69, 9.17) is 9.47 Å². The Morgan fingerprint density at radius 1 is 1.08 bits per heavy atom. The van der Waals surface area contributed by atoms with Crippen molar-refractivity contribution in [2.75, 3.05) is 20.3 Å². The minimum atomic E-state index is -0.147. The number of carbonyl (C=O) groups excluding carboxylic acids is 1. The molecule has 0 aromatic heterocycles. The number of rotatable bonds is 7. The zero-order valence-electron chi connectivity index (χ0n) is 14.8. The van der Waals surface area contributed by atoms with Gasteiger partial charge in [0, 0.05) is 17.5 Å². The molecule has 0 bridgehead atoms. The molecule has 4 heteroatoms. The molecule has 0 spiro atoms. The number of ether oxygens (including phenoxy) is 2. The molecular weight excluding hydrogens is 302 g/mol. The van der Waals surface area contributed by atoms with Gasteiger partial charge in [-0.05, 0) is 30.7 Å². The summed E-state index contributed by atoms with van der Waals surface area (Å²) < 4.78 is 10.8. The summed E-state index contributed by atoms with van der Waals surface area (Å²) in [5.41, 5.74) is 1.60. The van der Waals surface area contributed by atoms with E-state index in [1.807, 2.05) is 25.1 Å². The summed E-state index contributed by atoms with van der Waals surface area (Å²) in [6.45, 7) is 7.23. The third kappa shape index (κ3) is 4.28. The van der Waals surface area contributed by atoms with Gasteiger partial charge in [-0.3, -0.25) is 4.79 Å². The van der Waals surface area contributed by atoms with E-state index in [9.17, 15) is 4.79 Å². The maximum Gasteiger partial charge on any atom is 0.251 e. The normalized spacial score (nSPS) is 11.0. The van der Waals surface area contributed by atoms with Crippen molar-refractivity contribution in [2.45, 2.75) is 26.2 Å². The van der Waals surface area contributed by atoms with Crippen molar-refractivity contribution < 1.29 is 14.3 Å². The van der Waals surface area contributed by atoms with Gasteiger partial charge < -0.3 is 14.8 Å². The SMILES string of the molecule is CCOc1ccc(C(=O)NCC(C)(C)c2ccccc2)cc1OC. The molecule has 128 valence electrons. The summed E-state index contributed by atoms with van der Waals surface area (Å²) in [7, 11) is 1.57. The Balaban J connectivity index is 2.07. The Kier molecular flexibility index (Phi) is 5.85. The fraction of sp³-hybridized carbons (Fsp3) is 0.350. The number of methoxy groups -OCH3 is 1. The van der Waals surface area contributed by atoms with E-state index in [1.165, 1.54) is 5.56 Å². The third-order valence-electron chi connectivity index (χ3n) is 3.97. The van der Waals surface area contributed by atoms with Crippen LogP contribution in [0.15, 0.2) is 48.5 Å².